The van der Waals surface area contributed by atoms with Gasteiger partial charge in [-0.25, -0.2) is 4.98 Å². The lowest BCUT2D eigenvalue weighted by Gasteiger charge is -2.38. The molecule has 1 unspecified atom stereocenters. The third-order valence-corrected chi connectivity index (χ3v) is 6.17. The highest BCUT2D eigenvalue weighted by Crippen LogP contribution is 2.39. The molecule has 0 saturated heterocycles. The number of aromatic nitrogens is 2. The topological polar surface area (TPSA) is 71.4 Å². The summed E-state index contributed by atoms with van der Waals surface area (Å²) in [5.41, 5.74) is 5.68. The number of carbonyl (C=O) groups excluding carboxylic acids is 1. The van der Waals surface area contributed by atoms with Gasteiger partial charge in [-0.05, 0) is 42.2 Å². The zero-order valence-electron chi connectivity index (χ0n) is 18.1. The van der Waals surface area contributed by atoms with Crippen molar-refractivity contribution < 1.29 is 13.9 Å². The van der Waals surface area contributed by atoms with E-state index in [-0.39, 0.29) is 17.9 Å². The molecule has 0 aliphatic carbocycles. The molecule has 1 atom stereocenters. The van der Waals surface area contributed by atoms with Crippen LogP contribution in [0.5, 0.6) is 0 Å². The van der Waals surface area contributed by atoms with Gasteiger partial charge in [0.1, 0.15) is 5.52 Å². The third kappa shape index (κ3) is 3.41. The summed E-state index contributed by atoms with van der Waals surface area (Å²) in [6.45, 7) is 5.60. The normalized spacial score (nSPS) is 16.4. The number of H-pyrrole nitrogens is 1. The van der Waals surface area contributed by atoms with Crippen molar-refractivity contribution in [3.05, 3.63) is 65.2 Å². The molecule has 4 aromatic rings. The molecule has 1 aliphatic heterocycles. The number of methoxy groups -OCH3 is 1. The van der Waals surface area contributed by atoms with Gasteiger partial charge < -0.3 is 19.0 Å². The Balaban J connectivity index is 1.49. The Morgan fingerprint density at radius 3 is 2.94 bits per heavy atom. The number of amides is 1. The fraction of sp³-hybridized carbons (Fsp3) is 0.360. The first-order chi connectivity index (χ1) is 15.1. The summed E-state index contributed by atoms with van der Waals surface area (Å²) in [6.07, 6.45) is 1.46. The number of fused-ring (bicyclic) bond motifs is 4. The highest BCUT2D eigenvalue weighted by atomic mass is 16.5. The quantitative estimate of drug-likeness (QED) is 0.502. The molecule has 160 valence electrons. The summed E-state index contributed by atoms with van der Waals surface area (Å²) in [6, 6.07) is 13.9. The van der Waals surface area contributed by atoms with Gasteiger partial charge >= 0.3 is 0 Å². The minimum absolute atomic E-state index is 0.00587. The molecule has 3 heterocycles. The van der Waals surface area contributed by atoms with Gasteiger partial charge in [-0.15, -0.1) is 0 Å². The lowest BCUT2D eigenvalue weighted by molar-refractivity contribution is 0.0598. The molecule has 0 radical (unpaired) electrons. The Bertz CT molecular complexity index is 1250. The molecule has 0 saturated carbocycles. The highest BCUT2D eigenvalue weighted by Gasteiger charge is 2.35. The standard InChI is InChI=1S/C25H27N3O3/c1-15(2)24-23-18(17-6-4-5-7-19(17)27-23)10-12-28(24)25(29)16-8-9-20-21(14-16)31-22(26-20)11-13-30-3/h4-9,14-15,24,27H,10-13H2,1-3H3. The van der Waals surface area contributed by atoms with Gasteiger partial charge in [0, 0.05) is 42.2 Å². The first-order valence-electron chi connectivity index (χ1n) is 10.9. The second kappa shape index (κ2) is 7.85. The van der Waals surface area contributed by atoms with Gasteiger partial charge in [0.05, 0.1) is 12.6 Å². The highest BCUT2D eigenvalue weighted by molar-refractivity contribution is 5.98. The van der Waals surface area contributed by atoms with Crippen LogP contribution in [0.15, 0.2) is 46.9 Å². The van der Waals surface area contributed by atoms with Crippen molar-refractivity contribution in [3.63, 3.8) is 0 Å². The maximum Gasteiger partial charge on any atom is 0.254 e. The Labute approximate surface area is 181 Å². The Hall–Kier alpha value is -3.12. The molecular formula is C25H27N3O3. The largest absolute Gasteiger partial charge is 0.441 e. The Kier molecular flexibility index (Phi) is 5.02. The van der Waals surface area contributed by atoms with Crippen LogP contribution in [0.25, 0.3) is 22.0 Å². The number of ether oxygens (including phenoxy) is 1. The lowest BCUT2D eigenvalue weighted by Crippen LogP contribution is -2.42. The molecule has 31 heavy (non-hydrogen) atoms. The first-order valence-corrected chi connectivity index (χ1v) is 10.9. The number of hydrogen-bond acceptors (Lipinski definition) is 4. The number of aromatic amines is 1. The van der Waals surface area contributed by atoms with E-state index in [0.717, 1.165) is 17.5 Å². The summed E-state index contributed by atoms with van der Waals surface area (Å²) in [5.74, 6) is 0.938. The zero-order valence-corrected chi connectivity index (χ0v) is 18.1. The summed E-state index contributed by atoms with van der Waals surface area (Å²) in [4.78, 5) is 23.7. The van der Waals surface area contributed by atoms with Crippen LogP contribution in [-0.4, -0.2) is 41.0 Å². The summed E-state index contributed by atoms with van der Waals surface area (Å²) < 4.78 is 11.0. The molecule has 0 spiro atoms. The van der Waals surface area contributed by atoms with Crippen molar-refractivity contribution in [2.24, 2.45) is 5.92 Å². The molecule has 1 amide bonds. The number of benzene rings is 2. The van der Waals surface area contributed by atoms with Crippen molar-refractivity contribution in [2.75, 3.05) is 20.3 Å². The van der Waals surface area contributed by atoms with Crippen molar-refractivity contribution >= 4 is 27.9 Å². The van der Waals surface area contributed by atoms with Gasteiger partial charge in [-0.1, -0.05) is 32.0 Å². The van der Waals surface area contributed by atoms with Crippen LogP contribution in [0.4, 0.5) is 0 Å². The van der Waals surface area contributed by atoms with Crippen LogP contribution in [0.3, 0.4) is 0 Å². The summed E-state index contributed by atoms with van der Waals surface area (Å²) in [7, 11) is 1.65. The third-order valence-electron chi connectivity index (χ3n) is 6.17. The predicted octanol–water partition coefficient (Wildman–Crippen LogP) is 4.89. The number of para-hydroxylation sites is 1. The number of carbonyl (C=O) groups is 1. The second-order valence-corrected chi connectivity index (χ2v) is 8.53. The van der Waals surface area contributed by atoms with Gasteiger partial charge in [-0.3, -0.25) is 4.79 Å². The van der Waals surface area contributed by atoms with Crippen LogP contribution in [0, 0.1) is 5.92 Å². The minimum atomic E-state index is 0.00587. The molecule has 5 rings (SSSR count). The maximum atomic E-state index is 13.6. The van der Waals surface area contributed by atoms with E-state index in [4.69, 9.17) is 9.15 Å². The SMILES string of the molecule is COCCc1nc2ccc(C(=O)N3CCc4c([nH]c5ccccc45)C3C(C)C)cc2o1. The van der Waals surface area contributed by atoms with Crippen molar-refractivity contribution in [2.45, 2.75) is 32.7 Å². The second-order valence-electron chi connectivity index (χ2n) is 8.53. The van der Waals surface area contributed by atoms with Crippen LogP contribution in [0.1, 0.15) is 47.4 Å². The predicted molar refractivity (Wildman–Crippen MR) is 120 cm³/mol. The van der Waals surface area contributed by atoms with Crippen LogP contribution in [0.2, 0.25) is 0 Å². The number of oxazole rings is 1. The molecule has 6 nitrogen and oxygen atoms in total. The molecule has 2 aromatic heterocycles. The number of nitrogens with one attached hydrogen (secondary N) is 1. The van der Waals surface area contributed by atoms with Crippen LogP contribution >= 0.6 is 0 Å². The van der Waals surface area contributed by atoms with Crippen molar-refractivity contribution in [1.82, 2.24) is 14.9 Å². The van der Waals surface area contributed by atoms with E-state index in [1.165, 1.54) is 16.6 Å². The van der Waals surface area contributed by atoms with Crippen LogP contribution in [-0.2, 0) is 17.6 Å². The van der Waals surface area contributed by atoms with Gasteiger partial charge in [0.25, 0.3) is 5.91 Å². The number of rotatable bonds is 5. The van der Waals surface area contributed by atoms with E-state index in [0.29, 0.717) is 36.6 Å². The van der Waals surface area contributed by atoms with Crippen LogP contribution < -0.4 is 0 Å². The first kappa shape index (κ1) is 19.8. The number of hydrogen-bond donors (Lipinski definition) is 1. The maximum absolute atomic E-state index is 13.6. The van der Waals surface area contributed by atoms with E-state index in [2.05, 4.69) is 42.0 Å². The van der Waals surface area contributed by atoms with E-state index in [1.807, 2.05) is 29.2 Å². The fourth-order valence-electron chi connectivity index (χ4n) is 4.76. The van der Waals surface area contributed by atoms with E-state index < -0.39 is 0 Å². The summed E-state index contributed by atoms with van der Waals surface area (Å²) >= 11 is 0. The summed E-state index contributed by atoms with van der Waals surface area (Å²) in [5, 5.41) is 1.27. The molecule has 2 aromatic carbocycles. The van der Waals surface area contributed by atoms with E-state index >= 15 is 0 Å². The Morgan fingerprint density at radius 2 is 2.13 bits per heavy atom. The molecule has 1 aliphatic rings. The van der Waals surface area contributed by atoms with Gasteiger partial charge in [0.15, 0.2) is 11.5 Å². The molecular weight excluding hydrogens is 390 g/mol. The smallest absolute Gasteiger partial charge is 0.254 e. The van der Waals surface area contributed by atoms with Gasteiger partial charge in [0.2, 0.25) is 0 Å². The Morgan fingerprint density at radius 1 is 1.29 bits per heavy atom. The lowest BCUT2D eigenvalue weighted by atomic mass is 9.89. The molecule has 6 heteroatoms. The number of nitrogens with zero attached hydrogens (tertiary/aromatic N) is 2. The van der Waals surface area contributed by atoms with Crippen molar-refractivity contribution in [1.29, 1.82) is 0 Å². The molecule has 0 bridgehead atoms. The van der Waals surface area contributed by atoms with E-state index in [9.17, 15) is 4.79 Å². The zero-order chi connectivity index (χ0) is 21.5. The fourth-order valence-corrected chi connectivity index (χ4v) is 4.76. The monoisotopic (exact) mass is 417 g/mol. The van der Waals surface area contributed by atoms with Crippen molar-refractivity contribution in [3.8, 4) is 0 Å². The minimum Gasteiger partial charge on any atom is -0.441 e. The van der Waals surface area contributed by atoms with Gasteiger partial charge in [-0.2, -0.15) is 0 Å². The molecule has 1 N–H and O–H groups in total. The average Bonchev–Trinajstić information content (AvgIpc) is 3.36. The average molecular weight is 418 g/mol. The van der Waals surface area contributed by atoms with E-state index in [1.54, 1.807) is 7.11 Å². The molecule has 0 fully saturated rings.